The van der Waals surface area contributed by atoms with Crippen molar-refractivity contribution in [3.63, 3.8) is 0 Å². The smallest absolute Gasteiger partial charge is 0.319 e. The Balaban J connectivity index is 1.64. The number of amides is 2. The quantitative estimate of drug-likeness (QED) is 0.761. The third-order valence-electron chi connectivity index (χ3n) is 3.61. The van der Waals surface area contributed by atoms with Crippen LogP contribution in [0.3, 0.4) is 0 Å². The minimum atomic E-state index is -0.118. The highest BCUT2D eigenvalue weighted by Crippen LogP contribution is 2.24. The Hall–Kier alpha value is -1.75. The number of anilines is 1. The molecule has 1 aromatic carbocycles. The number of rotatable bonds is 2. The number of benzene rings is 1. The Bertz CT molecular complexity index is 472. The van der Waals surface area contributed by atoms with Crippen LogP contribution in [0.25, 0.3) is 0 Å². The highest BCUT2D eigenvalue weighted by Gasteiger charge is 2.19. The maximum atomic E-state index is 11.8. The molecule has 0 spiro atoms. The van der Waals surface area contributed by atoms with Crippen molar-refractivity contribution in [2.45, 2.75) is 31.8 Å². The van der Waals surface area contributed by atoms with E-state index < -0.39 is 0 Å². The van der Waals surface area contributed by atoms with Gasteiger partial charge in [0, 0.05) is 30.4 Å². The van der Waals surface area contributed by atoms with Crippen LogP contribution in [-0.2, 0) is 6.54 Å². The third-order valence-corrected chi connectivity index (χ3v) is 3.61. The van der Waals surface area contributed by atoms with Crippen LogP contribution in [0.15, 0.2) is 18.2 Å². The third kappa shape index (κ3) is 2.98. The predicted molar refractivity (Wildman–Crippen MR) is 73.4 cm³/mol. The zero-order valence-corrected chi connectivity index (χ0v) is 10.9. The first kappa shape index (κ1) is 12.3. The van der Waals surface area contributed by atoms with Gasteiger partial charge in [-0.3, -0.25) is 0 Å². The van der Waals surface area contributed by atoms with Crippen molar-refractivity contribution in [1.82, 2.24) is 10.6 Å². The summed E-state index contributed by atoms with van der Waals surface area (Å²) in [6, 6.07) is 6.00. The minimum absolute atomic E-state index is 0.118. The second-order valence-corrected chi connectivity index (χ2v) is 5.07. The molecule has 0 atom stereocenters. The van der Waals surface area contributed by atoms with Crippen LogP contribution in [0.1, 0.15) is 24.8 Å². The molecule has 102 valence electrons. The molecular formula is C14H19N3O2. The number of nitrogens with one attached hydrogen (secondary N) is 3. The molecule has 1 aliphatic heterocycles. The zero-order valence-electron chi connectivity index (χ0n) is 10.9. The van der Waals surface area contributed by atoms with E-state index in [4.69, 9.17) is 4.74 Å². The predicted octanol–water partition coefficient (Wildman–Crippen LogP) is 1.84. The van der Waals surface area contributed by atoms with E-state index in [0.29, 0.717) is 12.6 Å². The van der Waals surface area contributed by atoms with E-state index in [1.165, 1.54) is 6.42 Å². The molecule has 1 aliphatic carbocycles. The number of carbonyl (C=O) groups is 1. The second-order valence-electron chi connectivity index (χ2n) is 5.07. The van der Waals surface area contributed by atoms with Crippen molar-refractivity contribution in [2.75, 3.05) is 18.5 Å². The molecule has 1 aromatic rings. The summed E-state index contributed by atoms with van der Waals surface area (Å²) in [6.45, 7) is 2.30. The molecule has 3 rings (SSSR count). The Morgan fingerprint density at radius 2 is 2.26 bits per heavy atom. The molecule has 0 aromatic heterocycles. The van der Waals surface area contributed by atoms with Crippen molar-refractivity contribution in [1.29, 1.82) is 0 Å². The van der Waals surface area contributed by atoms with Crippen LogP contribution in [0.2, 0.25) is 0 Å². The molecule has 1 heterocycles. The highest BCUT2D eigenvalue weighted by molar-refractivity contribution is 5.89. The fraction of sp³-hybridized carbons (Fsp3) is 0.500. The van der Waals surface area contributed by atoms with Crippen molar-refractivity contribution >= 4 is 11.7 Å². The average Bonchev–Trinajstić information content (AvgIpc) is 2.58. The van der Waals surface area contributed by atoms with Crippen molar-refractivity contribution in [3.8, 4) is 5.75 Å². The largest absolute Gasteiger partial charge is 0.492 e. The van der Waals surface area contributed by atoms with Gasteiger partial charge in [0.25, 0.3) is 0 Å². The lowest BCUT2D eigenvalue weighted by atomic mass is 9.93. The molecule has 5 nitrogen and oxygen atoms in total. The Kier molecular flexibility index (Phi) is 3.55. The monoisotopic (exact) mass is 261 g/mol. The molecule has 2 amide bonds. The lowest BCUT2D eigenvalue weighted by Crippen LogP contribution is -2.41. The Morgan fingerprint density at radius 1 is 1.37 bits per heavy atom. The SMILES string of the molecule is O=C(Nc1ccc2c(c1)CNCCO2)NC1CCC1. The summed E-state index contributed by atoms with van der Waals surface area (Å²) in [7, 11) is 0. The van der Waals surface area contributed by atoms with E-state index in [1.807, 2.05) is 18.2 Å². The normalized spacial score (nSPS) is 18.5. The van der Waals surface area contributed by atoms with Crippen molar-refractivity contribution in [3.05, 3.63) is 23.8 Å². The van der Waals surface area contributed by atoms with Gasteiger partial charge in [-0.2, -0.15) is 0 Å². The lowest BCUT2D eigenvalue weighted by molar-refractivity contribution is 0.240. The van der Waals surface area contributed by atoms with Gasteiger partial charge in [-0.05, 0) is 37.5 Å². The molecule has 1 saturated carbocycles. The van der Waals surface area contributed by atoms with Gasteiger partial charge in [0.05, 0.1) is 0 Å². The average molecular weight is 261 g/mol. The molecule has 3 N–H and O–H groups in total. The molecule has 19 heavy (non-hydrogen) atoms. The van der Waals surface area contributed by atoms with E-state index in [-0.39, 0.29) is 6.03 Å². The van der Waals surface area contributed by atoms with E-state index >= 15 is 0 Å². The Labute approximate surface area is 112 Å². The maximum absolute atomic E-state index is 11.8. The summed E-state index contributed by atoms with van der Waals surface area (Å²) in [6.07, 6.45) is 3.40. The van der Waals surface area contributed by atoms with Crippen LogP contribution in [0.5, 0.6) is 5.75 Å². The molecule has 0 bridgehead atoms. The number of carbonyl (C=O) groups excluding carboxylic acids is 1. The van der Waals surface area contributed by atoms with Crippen LogP contribution < -0.4 is 20.7 Å². The van der Waals surface area contributed by atoms with Crippen LogP contribution in [0, 0.1) is 0 Å². The molecule has 2 aliphatic rings. The lowest BCUT2D eigenvalue weighted by Gasteiger charge is -2.26. The van der Waals surface area contributed by atoms with Crippen LogP contribution in [0.4, 0.5) is 10.5 Å². The topological polar surface area (TPSA) is 62.4 Å². The van der Waals surface area contributed by atoms with Crippen molar-refractivity contribution < 1.29 is 9.53 Å². The highest BCUT2D eigenvalue weighted by atomic mass is 16.5. The summed E-state index contributed by atoms with van der Waals surface area (Å²) in [4.78, 5) is 11.8. The van der Waals surface area contributed by atoms with Crippen LogP contribution in [-0.4, -0.2) is 25.2 Å². The maximum Gasteiger partial charge on any atom is 0.319 e. The fourth-order valence-electron chi connectivity index (χ4n) is 2.30. The first-order valence-electron chi connectivity index (χ1n) is 6.85. The van der Waals surface area contributed by atoms with Crippen LogP contribution >= 0.6 is 0 Å². The van der Waals surface area contributed by atoms with Gasteiger partial charge in [-0.1, -0.05) is 0 Å². The standard InChI is InChI=1S/C14H19N3O2/c18-14(16-11-2-1-3-11)17-12-4-5-13-10(8-12)9-15-6-7-19-13/h4-5,8,11,15H,1-3,6-7,9H2,(H2,16,17,18). The first-order valence-corrected chi connectivity index (χ1v) is 6.85. The van der Waals surface area contributed by atoms with Gasteiger partial charge in [0.15, 0.2) is 0 Å². The second kappa shape index (κ2) is 5.48. The number of urea groups is 1. The van der Waals surface area contributed by atoms with Gasteiger partial charge in [-0.25, -0.2) is 4.79 Å². The van der Waals surface area contributed by atoms with E-state index in [9.17, 15) is 4.79 Å². The molecule has 5 heteroatoms. The molecule has 0 saturated heterocycles. The Morgan fingerprint density at radius 3 is 3.05 bits per heavy atom. The van der Waals surface area contributed by atoms with E-state index in [0.717, 1.165) is 42.9 Å². The molecule has 0 unspecified atom stereocenters. The van der Waals surface area contributed by atoms with Gasteiger partial charge in [-0.15, -0.1) is 0 Å². The summed E-state index contributed by atoms with van der Waals surface area (Å²) in [5, 5.41) is 9.12. The minimum Gasteiger partial charge on any atom is -0.492 e. The number of hydrogen-bond acceptors (Lipinski definition) is 3. The first-order chi connectivity index (χ1) is 9.31. The van der Waals surface area contributed by atoms with E-state index in [1.54, 1.807) is 0 Å². The van der Waals surface area contributed by atoms with E-state index in [2.05, 4.69) is 16.0 Å². The summed E-state index contributed by atoms with van der Waals surface area (Å²) >= 11 is 0. The number of fused-ring (bicyclic) bond motifs is 1. The fourth-order valence-corrected chi connectivity index (χ4v) is 2.30. The molecule has 0 radical (unpaired) electrons. The summed E-state index contributed by atoms with van der Waals surface area (Å²) in [5.41, 5.74) is 1.89. The van der Waals surface area contributed by atoms with Gasteiger partial charge in [0.2, 0.25) is 0 Å². The zero-order chi connectivity index (χ0) is 13.1. The van der Waals surface area contributed by atoms with Gasteiger partial charge in [0.1, 0.15) is 12.4 Å². The summed E-state index contributed by atoms with van der Waals surface area (Å²) in [5.74, 6) is 0.898. The van der Waals surface area contributed by atoms with Gasteiger partial charge >= 0.3 is 6.03 Å². The molecule has 1 fully saturated rings. The van der Waals surface area contributed by atoms with Gasteiger partial charge < -0.3 is 20.7 Å². The number of ether oxygens (including phenoxy) is 1. The molecular weight excluding hydrogens is 242 g/mol. The number of hydrogen-bond donors (Lipinski definition) is 3. The van der Waals surface area contributed by atoms with Crippen molar-refractivity contribution in [2.24, 2.45) is 0 Å². The summed E-state index contributed by atoms with van der Waals surface area (Å²) < 4.78 is 5.61.